The first kappa shape index (κ1) is 21.5. The molecule has 2 aromatic carbocycles. The number of rotatable bonds is 5. The summed E-state index contributed by atoms with van der Waals surface area (Å²) in [5, 5.41) is 1.58. The van der Waals surface area contributed by atoms with Gasteiger partial charge in [0.05, 0.1) is 16.7 Å². The monoisotopic (exact) mass is 454 g/mol. The summed E-state index contributed by atoms with van der Waals surface area (Å²) in [6, 6.07) is 11.3. The minimum atomic E-state index is -3.62. The molecule has 2 aromatic rings. The van der Waals surface area contributed by atoms with Crippen molar-refractivity contribution in [2.24, 2.45) is 0 Å². The van der Waals surface area contributed by atoms with E-state index in [0.29, 0.717) is 10.7 Å². The van der Waals surface area contributed by atoms with Crippen molar-refractivity contribution in [1.29, 1.82) is 0 Å². The third kappa shape index (κ3) is 4.53. The van der Waals surface area contributed by atoms with E-state index in [-0.39, 0.29) is 16.2 Å². The predicted octanol–water partition coefficient (Wildman–Crippen LogP) is 2.55. The second-order valence-corrected chi connectivity index (χ2v) is 11.2. The van der Waals surface area contributed by atoms with Crippen molar-refractivity contribution in [2.75, 3.05) is 24.7 Å². The first-order valence-corrected chi connectivity index (χ1v) is 12.1. The van der Waals surface area contributed by atoms with Gasteiger partial charge in [0.15, 0.2) is 9.84 Å². The summed E-state index contributed by atoms with van der Waals surface area (Å²) < 4.78 is 49.3. The van der Waals surface area contributed by atoms with Gasteiger partial charge in [0.1, 0.15) is 0 Å². The predicted molar refractivity (Wildman–Crippen MR) is 112 cm³/mol. The largest absolute Gasteiger partial charge is 0.300 e. The van der Waals surface area contributed by atoms with Crippen LogP contribution in [0.5, 0.6) is 0 Å². The van der Waals surface area contributed by atoms with E-state index in [1.165, 1.54) is 49.3 Å². The van der Waals surface area contributed by atoms with Crippen molar-refractivity contribution in [2.45, 2.75) is 10.9 Å². The Morgan fingerprint density at radius 1 is 1.03 bits per heavy atom. The standard InChI is InChI=1S/C19H19ClN2O5S2/c1-21(2)29(26,27)18-9-3-14(4-10-18)19(23)22(16-7-5-15(20)6-8-16)17-11-12-28(24,25)13-17/h3-12,17H,13H2,1-2H3/t17-/m1/s1. The Labute approximate surface area is 175 Å². The summed E-state index contributed by atoms with van der Waals surface area (Å²) in [5.74, 6) is -0.679. The number of hydrogen-bond donors (Lipinski definition) is 0. The molecule has 1 amide bonds. The summed E-state index contributed by atoms with van der Waals surface area (Å²) in [4.78, 5) is 14.7. The van der Waals surface area contributed by atoms with Gasteiger partial charge in [-0.2, -0.15) is 0 Å². The minimum absolute atomic E-state index is 0.0560. The Bertz CT molecular complexity index is 1160. The fourth-order valence-electron chi connectivity index (χ4n) is 2.90. The molecule has 0 aliphatic carbocycles. The molecule has 29 heavy (non-hydrogen) atoms. The molecular weight excluding hydrogens is 436 g/mol. The van der Waals surface area contributed by atoms with E-state index in [1.807, 2.05) is 0 Å². The lowest BCUT2D eigenvalue weighted by Gasteiger charge is -2.28. The maximum atomic E-state index is 13.2. The molecule has 0 bridgehead atoms. The Morgan fingerprint density at radius 3 is 2.10 bits per heavy atom. The second-order valence-electron chi connectivity index (χ2n) is 6.69. The third-order valence-corrected chi connectivity index (χ3v) is 7.91. The molecule has 0 unspecified atom stereocenters. The normalized spacial score (nSPS) is 18.1. The smallest absolute Gasteiger partial charge is 0.258 e. The molecule has 0 N–H and O–H groups in total. The molecular formula is C19H19ClN2O5S2. The molecule has 1 atom stereocenters. The zero-order valence-electron chi connectivity index (χ0n) is 15.7. The van der Waals surface area contributed by atoms with E-state index in [0.717, 1.165) is 9.71 Å². The van der Waals surface area contributed by atoms with E-state index in [4.69, 9.17) is 11.6 Å². The van der Waals surface area contributed by atoms with Gasteiger partial charge in [0.2, 0.25) is 10.0 Å². The molecule has 0 saturated heterocycles. The molecule has 10 heteroatoms. The van der Waals surface area contributed by atoms with Gasteiger partial charge in [-0.15, -0.1) is 0 Å². The average Bonchev–Trinajstić information content (AvgIpc) is 3.02. The van der Waals surface area contributed by atoms with Crippen molar-refractivity contribution in [3.8, 4) is 0 Å². The SMILES string of the molecule is CN(C)S(=O)(=O)c1ccc(C(=O)N(c2ccc(Cl)cc2)[C@@H]2C=CS(=O)(=O)C2)cc1. The molecule has 0 saturated carbocycles. The van der Waals surface area contributed by atoms with Gasteiger partial charge < -0.3 is 4.90 Å². The zero-order valence-corrected chi connectivity index (χ0v) is 18.1. The zero-order chi connectivity index (χ0) is 21.4. The lowest BCUT2D eigenvalue weighted by molar-refractivity contribution is 0.0983. The minimum Gasteiger partial charge on any atom is -0.300 e. The van der Waals surface area contributed by atoms with Crippen LogP contribution in [-0.2, 0) is 19.9 Å². The molecule has 1 aliphatic rings. The summed E-state index contributed by atoms with van der Waals surface area (Å²) in [5.41, 5.74) is 0.714. The van der Waals surface area contributed by atoms with E-state index in [1.54, 1.807) is 24.3 Å². The lowest BCUT2D eigenvalue weighted by Crippen LogP contribution is -2.41. The number of nitrogens with zero attached hydrogens (tertiary/aromatic N) is 2. The van der Waals surface area contributed by atoms with Crippen molar-refractivity contribution in [3.05, 3.63) is 70.6 Å². The lowest BCUT2D eigenvalue weighted by atomic mass is 10.1. The van der Waals surface area contributed by atoms with Gasteiger partial charge in [0.25, 0.3) is 5.91 Å². The van der Waals surface area contributed by atoms with E-state index >= 15 is 0 Å². The van der Waals surface area contributed by atoms with Crippen LogP contribution in [0.3, 0.4) is 0 Å². The van der Waals surface area contributed by atoms with Crippen LogP contribution in [0.25, 0.3) is 0 Å². The molecule has 7 nitrogen and oxygen atoms in total. The number of carbonyl (C=O) groups is 1. The maximum Gasteiger partial charge on any atom is 0.258 e. The average molecular weight is 455 g/mol. The highest BCUT2D eigenvalue weighted by Gasteiger charge is 2.32. The Kier molecular flexibility index (Phi) is 5.86. The van der Waals surface area contributed by atoms with Crippen LogP contribution in [0, 0.1) is 0 Å². The highest BCUT2D eigenvalue weighted by atomic mass is 35.5. The van der Waals surface area contributed by atoms with Crippen LogP contribution in [-0.4, -0.2) is 52.9 Å². The van der Waals surface area contributed by atoms with Crippen LogP contribution in [0.4, 0.5) is 5.69 Å². The van der Waals surface area contributed by atoms with Gasteiger partial charge in [-0.05, 0) is 54.6 Å². The highest BCUT2D eigenvalue weighted by molar-refractivity contribution is 7.94. The van der Waals surface area contributed by atoms with Crippen LogP contribution in [0.2, 0.25) is 5.02 Å². The number of sulfone groups is 1. The number of anilines is 1. The van der Waals surface area contributed by atoms with Gasteiger partial charge in [-0.1, -0.05) is 11.6 Å². The highest BCUT2D eigenvalue weighted by Crippen LogP contribution is 2.27. The quantitative estimate of drug-likeness (QED) is 0.692. The molecule has 0 aromatic heterocycles. The van der Waals surface area contributed by atoms with E-state index in [2.05, 4.69) is 0 Å². The number of hydrogen-bond acceptors (Lipinski definition) is 5. The molecule has 1 aliphatic heterocycles. The molecule has 0 spiro atoms. The Morgan fingerprint density at radius 2 is 1.62 bits per heavy atom. The van der Waals surface area contributed by atoms with Crippen LogP contribution >= 0.6 is 11.6 Å². The van der Waals surface area contributed by atoms with Crippen LogP contribution in [0.15, 0.2) is 64.9 Å². The molecule has 3 rings (SSSR count). The summed E-state index contributed by atoms with van der Waals surface area (Å²) in [6.45, 7) is 0. The van der Waals surface area contributed by atoms with Gasteiger partial charge in [-0.3, -0.25) is 4.79 Å². The van der Waals surface area contributed by atoms with Crippen LogP contribution in [0.1, 0.15) is 10.4 Å². The second kappa shape index (κ2) is 7.91. The maximum absolute atomic E-state index is 13.2. The number of sulfonamides is 1. The van der Waals surface area contributed by atoms with Crippen molar-refractivity contribution >= 4 is 43.1 Å². The van der Waals surface area contributed by atoms with Crippen molar-refractivity contribution in [3.63, 3.8) is 0 Å². The fraction of sp³-hybridized carbons (Fsp3) is 0.211. The first-order chi connectivity index (χ1) is 13.5. The van der Waals surface area contributed by atoms with E-state index in [9.17, 15) is 21.6 Å². The van der Waals surface area contributed by atoms with Crippen molar-refractivity contribution in [1.82, 2.24) is 4.31 Å². The topological polar surface area (TPSA) is 91.8 Å². The van der Waals surface area contributed by atoms with Crippen molar-refractivity contribution < 1.29 is 21.6 Å². The third-order valence-electron chi connectivity index (χ3n) is 4.45. The molecule has 1 heterocycles. The first-order valence-electron chi connectivity index (χ1n) is 8.54. The summed E-state index contributed by atoms with van der Waals surface area (Å²) in [7, 11) is -4.18. The summed E-state index contributed by atoms with van der Waals surface area (Å²) >= 11 is 5.93. The van der Waals surface area contributed by atoms with Gasteiger partial charge >= 0.3 is 0 Å². The number of benzene rings is 2. The Balaban J connectivity index is 1.99. The van der Waals surface area contributed by atoms with Crippen LogP contribution < -0.4 is 4.90 Å². The number of amides is 1. The van der Waals surface area contributed by atoms with Gasteiger partial charge in [0, 0.05) is 35.8 Å². The van der Waals surface area contributed by atoms with E-state index < -0.39 is 31.8 Å². The molecule has 154 valence electrons. The molecule has 0 fully saturated rings. The number of halogens is 1. The van der Waals surface area contributed by atoms with Gasteiger partial charge in [-0.25, -0.2) is 21.1 Å². The fourth-order valence-corrected chi connectivity index (χ4v) is 5.20. The Hall–Kier alpha value is -2.20. The number of carbonyl (C=O) groups excluding carboxylic acids is 1. The summed E-state index contributed by atoms with van der Waals surface area (Å²) in [6.07, 6.45) is 1.46. The molecule has 0 radical (unpaired) electrons.